The van der Waals surface area contributed by atoms with Gasteiger partial charge in [-0.1, -0.05) is 26.0 Å². The van der Waals surface area contributed by atoms with Gasteiger partial charge in [-0.05, 0) is 24.5 Å². The van der Waals surface area contributed by atoms with Crippen LogP contribution in [0.15, 0.2) is 18.2 Å². The SMILES string of the molecule is CC(C)NCCC(=O)c1cccc2c1OCCC2. The lowest BCUT2D eigenvalue weighted by Gasteiger charge is -2.19. The van der Waals surface area contributed by atoms with Crippen LogP contribution in [-0.4, -0.2) is 25.0 Å². The third-order valence-electron chi connectivity index (χ3n) is 3.14. The Morgan fingerprint density at radius 1 is 1.44 bits per heavy atom. The van der Waals surface area contributed by atoms with Crippen molar-refractivity contribution in [3.8, 4) is 5.75 Å². The summed E-state index contributed by atoms with van der Waals surface area (Å²) in [5.74, 6) is 0.986. The lowest BCUT2D eigenvalue weighted by atomic mass is 9.99. The highest BCUT2D eigenvalue weighted by atomic mass is 16.5. The topological polar surface area (TPSA) is 38.3 Å². The van der Waals surface area contributed by atoms with E-state index in [9.17, 15) is 4.79 Å². The standard InChI is InChI=1S/C15H21NO2/c1-11(2)16-9-8-14(17)13-7-3-5-12-6-4-10-18-15(12)13/h3,5,7,11,16H,4,6,8-10H2,1-2H3. The number of carbonyl (C=O) groups excluding carboxylic acids is 1. The molecule has 0 saturated heterocycles. The molecule has 1 aliphatic rings. The number of hydrogen-bond donors (Lipinski definition) is 1. The van der Waals surface area contributed by atoms with E-state index in [1.165, 1.54) is 5.56 Å². The summed E-state index contributed by atoms with van der Waals surface area (Å²) in [6.07, 6.45) is 2.58. The Kier molecular flexibility index (Phi) is 4.37. The molecule has 1 N–H and O–H groups in total. The number of carbonyl (C=O) groups is 1. The first-order valence-corrected chi connectivity index (χ1v) is 6.69. The Balaban J connectivity index is 2.06. The van der Waals surface area contributed by atoms with Gasteiger partial charge in [-0.3, -0.25) is 4.79 Å². The van der Waals surface area contributed by atoms with Crippen molar-refractivity contribution in [1.82, 2.24) is 5.32 Å². The smallest absolute Gasteiger partial charge is 0.167 e. The maximum absolute atomic E-state index is 12.2. The van der Waals surface area contributed by atoms with Crippen LogP contribution in [0.2, 0.25) is 0 Å². The molecule has 0 spiro atoms. The second kappa shape index (κ2) is 6.01. The third-order valence-corrected chi connectivity index (χ3v) is 3.14. The lowest BCUT2D eigenvalue weighted by molar-refractivity contribution is 0.0977. The monoisotopic (exact) mass is 247 g/mol. The molecule has 3 heteroatoms. The highest BCUT2D eigenvalue weighted by Crippen LogP contribution is 2.29. The Hall–Kier alpha value is -1.35. The van der Waals surface area contributed by atoms with E-state index < -0.39 is 0 Å². The fraction of sp³-hybridized carbons (Fsp3) is 0.533. The van der Waals surface area contributed by atoms with Crippen LogP contribution >= 0.6 is 0 Å². The summed E-state index contributed by atoms with van der Waals surface area (Å²) in [4.78, 5) is 12.2. The van der Waals surface area contributed by atoms with Crippen LogP contribution in [0.3, 0.4) is 0 Å². The zero-order valence-corrected chi connectivity index (χ0v) is 11.2. The quantitative estimate of drug-likeness (QED) is 0.813. The van der Waals surface area contributed by atoms with E-state index in [1.807, 2.05) is 12.1 Å². The molecule has 98 valence electrons. The second-order valence-electron chi connectivity index (χ2n) is 5.03. The predicted molar refractivity (Wildman–Crippen MR) is 72.3 cm³/mol. The zero-order valence-electron chi connectivity index (χ0n) is 11.2. The van der Waals surface area contributed by atoms with Crippen LogP contribution in [0.4, 0.5) is 0 Å². The van der Waals surface area contributed by atoms with Gasteiger partial charge in [-0.25, -0.2) is 0 Å². The average molecular weight is 247 g/mol. The lowest BCUT2D eigenvalue weighted by Crippen LogP contribution is -2.25. The van der Waals surface area contributed by atoms with E-state index in [1.54, 1.807) is 0 Å². The molecule has 1 heterocycles. The van der Waals surface area contributed by atoms with Crippen LogP contribution in [0.25, 0.3) is 0 Å². The molecular weight excluding hydrogens is 226 g/mol. The first-order chi connectivity index (χ1) is 8.68. The molecule has 0 aromatic heterocycles. The molecular formula is C15H21NO2. The number of rotatable bonds is 5. The van der Waals surface area contributed by atoms with Crippen molar-refractivity contribution in [2.45, 2.75) is 39.2 Å². The van der Waals surface area contributed by atoms with Crippen LogP contribution in [-0.2, 0) is 6.42 Å². The highest BCUT2D eigenvalue weighted by molar-refractivity contribution is 5.99. The summed E-state index contributed by atoms with van der Waals surface area (Å²) in [5.41, 5.74) is 1.92. The van der Waals surface area contributed by atoms with Gasteiger partial charge < -0.3 is 10.1 Å². The molecule has 0 amide bonds. The van der Waals surface area contributed by atoms with Crippen molar-refractivity contribution in [1.29, 1.82) is 0 Å². The van der Waals surface area contributed by atoms with Gasteiger partial charge in [0.1, 0.15) is 5.75 Å². The molecule has 18 heavy (non-hydrogen) atoms. The van der Waals surface area contributed by atoms with Gasteiger partial charge >= 0.3 is 0 Å². The van der Waals surface area contributed by atoms with Crippen LogP contribution in [0.5, 0.6) is 5.75 Å². The van der Waals surface area contributed by atoms with E-state index >= 15 is 0 Å². The van der Waals surface area contributed by atoms with Gasteiger partial charge in [0.25, 0.3) is 0 Å². The van der Waals surface area contributed by atoms with Crippen molar-refractivity contribution < 1.29 is 9.53 Å². The molecule has 0 atom stereocenters. The van der Waals surface area contributed by atoms with Crippen molar-refractivity contribution in [3.05, 3.63) is 29.3 Å². The molecule has 0 unspecified atom stereocenters. The highest BCUT2D eigenvalue weighted by Gasteiger charge is 2.18. The number of benzene rings is 1. The summed E-state index contributed by atoms with van der Waals surface area (Å²) in [6.45, 7) is 5.61. The van der Waals surface area contributed by atoms with Gasteiger partial charge in [0.2, 0.25) is 0 Å². The molecule has 0 radical (unpaired) electrons. The molecule has 0 saturated carbocycles. The molecule has 2 rings (SSSR count). The minimum absolute atomic E-state index is 0.168. The summed E-state index contributed by atoms with van der Waals surface area (Å²) in [5, 5.41) is 3.26. The van der Waals surface area contributed by atoms with Crippen molar-refractivity contribution in [3.63, 3.8) is 0 Å². The molecule has 1 aromatic rings. The third kappa shape index (κ3) is 3.10. The number of nitrogens with one attached hydrogen (secondary N) is 1. The number of para-hydroxylation sites is 1. The summed E-state index contributed by atoms with van der Waals surface area (Å²) < 4.78 is 5.66. The average Bonchev–Trinajstić information content (AvgIpc) is 2.37. The van der Waals surface area contributed by atoms with Crippen LogP contribution in [0.1, 0.15) is 42.6 Å². The van der Waals surface area contributed by atoms with E-state index in [2.05, 4.69) is 25.2 Å². The Labute approximate surface area is 109 Å². The molecule has 0 fully saturated rings. The fourth-order valence-electron chi connectivity index (χ4n) is 2.22. The first-order valence-electron chi connectivity index (χ1n) is 6.69. The van der Waals surface area contributed by atoms with Crippen molar-refractivity contribution >= 4 is 5.78 Å². The number of fused-ring (bicyclic) bond motifs is 1. The van der Waals surface area contributed by atoms with Crippen molar-refractivity contribution in [2.24, 2.45) is 0 Å². The van der Waals surface area contributed by atoms with Gasteiger partial charge in [0, 0.05) is 19.0 Å². The van der Waals surface area contributed by atoms with Gasteiger partial charge in [0.15, 0.2) is 5.78 Å². The summed E-state index contributed by atoms with van der Waals surface area (Å²) in [7, 11) is 0. The predicted octanol–water partition coefficient (Wildman–Crippen LogP) is 2.58. The van der Waals surface area contributed by atoms with E-state index in [0.717, 1.165) is 37.3 Å². The Bertz CT molecular complexity index is 427. The number of aryl methyl sites for hydroxylation is 1. The minimum Gasteiger partial charge on any atom is -0.493 e. The molecule has 1 aromatic carbocycles. The van der Waals surface area contributed by atoms with E-state index in [-0.39, 0.29) is 5.78 Å². The molecule has 3 nitrogen and oxygen atoms in total. The first kappa shape index (κ1) is 13.1. The van der Waals surface area contributed by atoms with Gasteiger partial charge in [-0.2, -0.15) is 0 Å². The maximum atomic E-state index is 12.2. The number of Topliss-reactive ketones (excluding diaryl/α,β-unsaturated/α-hetero) is 1. The Morgan fingerprint density at radius 3 is 3.06 bits per heavy atom. The van der Waals surface area contributed by atoms with E-state index in [0.29, 0.717) is 12.5 Å². The number of ketones is 1. The second-order valence-corrected chi connectivity index (χ2v) is 5.03. The maximum Gasteiger partial charge on any atom is 0.167 e. The molecule has 0 bridgehead atoms. The molecule has 0 aliphatic carbocycles. The van der Waals surface area contributed by atoms with Crippen molar-refractivity contribution in [2.75, 3.05) is 13.2 Å². The normalized spacial score (nSPS) is 14.2. The molecule has 1 aliphatic heterocycles. The largest absolute Gasteiger partial charge is 0.493 e. The number of ether oxygens (including phenoxy) is 1. The van der Waals surface area contributed by atoms with E-state index in [4.69, 9.17) is 4.74 Å². The number of hydrogen-bond acceptors (Lipinski definition) is 3. The zero-order chi connectivity index (χ0) is 13.0. The summed E-state index contributed by atoms with van der Waals surface area (Å²) in [6, 6.07) is 6.30. The van der Waals surface area contributed by atoms with Gasteiger partial charge in [-0.15, -0.1) is 0 Å². The minimum atomic E-state index is 0.168. The fourth-order valence-corrected chi connectivity index (χ4v) is 2.22. The van der Waals surface area contributed by atoms with Gasteiger partial charge in [0.05, 0.1) is 12.2 Å². The van der Waals surface area contributed by atoms with Crippen LogP contribution < -0.4 is 10.1 Å². The summed E-state index contributed by atoms with van der Waals surface area (Å²) >= 11 is 0. The van der Waals surface area contributed by atoms with Crippen LogP contribution in [0, 0.1) is 0 Å². The Morgan fingerprint density at radius 2 is 2.28 bits per heavy atom.